The molecule has 4 aromatic carbocycles. The summed E-state index contributed by atoms with van der Waals surface area (Å²) < 4.78 is 0. The molecule has 0 aromatic heterocycles. The molecule has 0 bridgehead atoms. The zero-order valence-corrected chi connectivity index (χ0v) is 19.7. The summed E-state index contributed by atoms with van der Waals surface area (Å²) in [7, 11) is 0. The number of benzene rings is 4. The van der Waals surface area contributed by atoms with Gasteiger partial charge in [0.2, 0.25) is 0 Å². The van der Waals surface area contributed by atoms with Crippen LogP contribution < -0.4 is 0 Å². The van der Waals surface area contributed by atoms with Gasteiger partial charge in [-0.15, -0.1) is 0 Å². The summed E-state index contributed by atoms with van der Waals surface area (Å²) >= 11 is 0. The van der Waals surface area contributed by atoms with Gasteiger partial charge in [-0.05, 0) is 11.1 Å². The van der Waals surface area contributed by atoms with Crippen LogP contribution in [-0.2, 0) is 6.54 Å². The molecule has 0 radical (unpaired) electrons. The van der Waals surface area contributed by atoms with Gasteiger partial charge >= 0.3 is 0 Å². The maximum Gasteiger partial charge on any atom is 0.167 e. The second kappa shape index (κ2) is 10.6. The van der Waals surface area contributed by atoms with E-state index < -0.39 is 0 Å². The number of likely N-dealkylation sites (tertiary alicyclic amines) is 1. The molecule has 0 unspecified atom stereocenters. The Hall–Kier alpha value is -3.82. The van der Waals surface area contributed by atoms with Crippen LogP contribution in [0.1, 0.15) is 37.8 Å². The van der Waals surface area contributed by atoms with Gasteiger partial charge in [-0.3, -0.25) is 14.5 Å². The van der Waals surface area contributed by atoms with Crippen LogP contribution in [0.4, 0.5) is 0 Å². The maximum atomic E-state index is 13.9. The van der Waals surface area contributed by atoms with E-state index in [1.165, 1.54) is 5.56 Å². The first kappa shape index (κ1) is 22.9. The first-order chi connectivity index (χ1) is 17.2. The zero-order valence-electron chi connectivity index (χ0n) is 19.7. The van der Waals surface area contributed by atoms with Crippen LogP contribution in [0.3, 0.4) is 0 Å². The predicted octanol–water partition coefficient (Wildman–Crippen LogP) is 6.28. The molecule has 0 N–H and O–H groups in total. The highest BCUT2D eigenvalue weighted by Crippen LogP contribution is 2.41. The molecule has 0 saturated carbocycles. The van der Waals surface area contributed by atoms with Crippen molar-refractivity contribution in [2.45, 2.75) is 12.5 Å². The molecule has 174 valence electrons. The average Bonchev–Trinajstić information content (AvgIpc) is 2.94. The summed E-state index contributed by atoms with van der Waals surface area (Å²) in [6, 6.07) is 39.4. The van der Waals surface area contributed by atoms with E-state index in [9.17, 15) is 9.59 Å². The van der Waals surface area contributed by atoms with E-state index in [0.717, 1.165) is 5.56 Å². The third-order valence-electron chi connectivity index (χ3n) is 7.00. The summed E-state index contributed by atoms with van der Waals surface area (Å²) in [4.78, 5) is 30.2. The van der Waals surface area contributed by atoms with Crippen LogP contribution in [0.5, 0.6) is 0 Å². The van der Waals surface area contributed by atoms with Crippen LogP contribution >= 0.6 is 0 Å². The third kappa shape index (κ3) is 5.16. The van der Waals surface area contributed by atoms with E-state index in [0.29, 0.717) is 30.8 Å². The molecule has 3 nitrogen and oxygen atoms in total. The van der Waals surface area contributed by atoms with Crippen molar-refractivity contribution in [3.05, 3.63) is 144 Å². The molecular weight excluding hydrogens is 430 g/mol. The number of nitrogens with zero attached hydrogens (tertiary/aromatic N) is 1. The smallest absolute Gasteiger partial charge is 0.167 e. The minimum absolute atomic E-state index is 0.100. The van der Waals surface area contributed by atoms with Gasteiger partial charge < -0.3 is 0 Å². The van der Waals surface area contributed by atoms with E-state index in [-0.39, 0.29) is 29.3 Å². The second-order valence-corrected chi connectivity index (χ2v) is 9.29. The van der Waals surface area contributed by atoms with Gasteiger partial charge in [-0.2, -0.15) is 0 Å². The van der Waals surface area contributed by atoms with Crippen LogP contribution in [0.15, 0.2) is 121 Å². The molecule has 0 aliphatic carbocycles. The Kier molecular flexibility index (Phi) is 6.97. The molecule has 3 heteroatoms. The van der Waals surface area contributed by atoms with Gasteiger partial charge in [0.05, 0.1) is 0 Å². The highest BCUT2D eigenvalue weighted by atomic mass is 16.1. The number of Topliss-reactive ketones (excluding diaryl/α,β-unsaturated/α-hetero) is 2. The summed E-state index contributed by atoms with van der Waals surface area (Å²) in [6.07, 6.45) is 0. The average molecular weight is 460 g/mol. The lowest BCUT2D eigenvalue weighted by molar-refractivity contribution is 0.0555. The van der Waals surface area contributed by atoms with E-state index in [1.54, 1.807) is 0 Å². The molecule has 1 saturated heterocycles. The van der Waals surface area contributed by atoms with Crippen molar-refractivity contribution in [1.82, 2.24) is 4.90 Å². The fourth-order valence-corrected chi connectivity index (χ4v) is 5.37. The Balaban J connectivity index is 1.57. The van der Waals surface area contributed by atoms with Crippen LogP contribution in [0.2, 0.25) is 0 Å². The fourth-order valence-electron chi connectivity index (χ4n) is 5.37. The van der Waals surface area contributed by atoms with Crippen LogP contribution in [0, 0.1) is 11.8 Å². The Morgan fingerprint density at radius 1 is 0.571 bits per heavy atom. The van der Waals surface area contributed by atoms with E-state index in [1.807, 2.05) is 97.1 Å². The Morgan fingerprint density at radius 3 is 1.43 bits per heavy atom. The molecular formula is C32H29NO2. The predicted molar refractivity (Wildman–Crippen MR) is 139 cm³/mol. The van der Waals surface area contributed by atoms with Crippen molar-refractivity contribution < 1.29 is 9.59 Å². The van der Waals surface area contributed by atoms with Gasteiger partial charge in [-0.1, -0.05) is 121 Å². The molecule has 0 spiro atoms. The van der Waals surface area contributed by atoms with E-state index >= 15 is 0 Å². The van der Waals surface area contributed by atoms with Crippen LogP contribution in [0.25, 0.3) is 0 Å². The molecule has 4 aromatic rings. The van der Waals surface area contributed by atoms with Crippen molar-refractivity contribution in [1.29, 1.82) is 0 Å². The number of hydrogen-bond donors (Lipinski definition) is 0. The second-order valence-electron chi connectivity index (χ2n) is 9.29. The number of carbonyl (C=O) groups is 2. The van der Waals surface area contributed by atoms with Gasteiger partial charge in [0.1, 0.15) is 0 Å². The fraction of sp³-hybridized carbons (Fsp3) is 0.188. The van der Waals surface area contributed by atoms with Crippen molar-refractivity contribution in [2.75, 3.05) is 13.1 Å². The first-order valence-electron chi connectivity index (χ1n) is 12.2. The highest BCUT2D eigenvalue weighted by molar-refractivity contribution is 6.02. The summed E-state index contributed by atoms with van der Waals surface area (Å²) in [6.45, 7) is 1.93. The Bertz CT molecular complexity index is 1190. The first-order valence-corrected chi connectivity index (χ1v) is 12.2. The molecule has 1 aliphatic rings. The standard InChI is InChI=1S/C32H29NO2/c34-31(26-17-9-3-10-18-26)28-22-33(21-24-13-5-1-6-14-24)23-29(30(28)25-15-7-2-8-16-25)32(35)27-19-11-4-12-20-27/h1-20,28-30H,21-23H2/t28-,29+,30+. The number of hydrogen-bond acceptors (Lipinski definition) is 3. The van der Waals surface area contributed by atoms with Gasteiger partial charge in [-0.25, -0.2) is 0 Å². The topological polar surface area (TPSA) is 37.4 Å². The Labute approximate surface area is 207 Å². The summed E-state index contributed by atoms with van der Waals surface area (Å²) in [5.41, 5.74) is 3.63. The largest absolute Gasteiger partial charge is 0.298 e. The molecule has 1 aliphatic heterocycles. The quantitative estimate of drug-likeness (QED) is 0.305. The molecule has 35 heavy (non-hydrogen) atoms. The number of rotatable bonds is 7. The maximum absolute atomic E-state index is 13.9. The minimum Gasteiger partial charge on any atom is -0.298 e. The molecule has 1 heterocycles. The van der Waals surface area contributed by atoms with E-state index in [4.69, 9.17) is 0 Å². The van der Waals surface area contributed by atoms with Crippen molar-refractivity contribution >= 4 is 11.6 Å². The van der Waals surface area contributed by atoms with Crippen molar-refractivity contribution in [3.8, 4) is 0 Å². The normalized spacial score (nSPS) is 20.3. The number of carbonyl (C=O) groups excluding carboxylic acids is 2. The number of ketones is 2. The molecule has 0 amide bonds. The van der Waals surface area contributed by atoms with Gasteiger partial charge in [0.15, 0.2) is 11.6 Å². The lowest BCUT2D eigenvalue weighted by Crippen LogP contribution is -2.50. The minimum atomic E-state index is -0.324. The van der Waals surface area contributed by atoms with Gasteiger partial charge in [0.25, 0.3) is 0 Å². The van der Waals surface area contributed by atoms with Crippen molar-refractivity contribution in [3.63, 3.8) is 0 Å². The molecule has 1 fully saturated rings. The monoisotopic (exact) mass is 459 g/mol. The molecule has 5 rings (SSSR count). The molecule has 3 atom stereocenters. The number of piperidine rings is 1. The zero-order chi connectivity index (χ0) is 24.0. The Morgan fingerprint density at radius 2 is 0.971 bits per heavy atom. The van der Waals surface area contributed by atoms with Crippen LogP contribution in [-0.4, -0.2) is 29.6 Å². The summed E-state index contributed by atoms with van der Waals surface area (Å²) in [5, 5.41) is 0. The van der Waals surface area contributed by atoms with Crippen molar-refractivity contribution in [2.24, 2.45) is 11.8 Å². The lowest BCUT2D eigenvalue weighted by Gasteiger charge is -2.43. The third-order valence-corrected chi connectivity index (χ3v) is 7.00. The van der Waals surface area contributed by atoms with E-state index in [2.05, 4.69) is 29.2 Å². The lowest BCUT2D eigenvalue weighted by atomic mass is 9.68. The summed E-state index contributed by atoms with van der Waals surface area (Å²) in [5.74, 6) is -0.639. The van der Waals surface area contributed by atoms with Gasteiger partial charge in [0, 0.05) is 48.5 Å². The highest BCUT2D eigenvalue weighted by Gasteiger charge is 2.44. The SMILES string of the molecule is O=C(c1ccccc1)[C@H]1CN(Cc2ccccc2)C[C@@H](C(=O)c2ccccc2)[C@@H]1c1ccccc1.